The molecule has 0 bridgehead atoms. The second kappa shape index (κ2) is 5.44. The van der Waals surface area contributed by atoms with Gasteiger partial charge < -0.3 is 15.5 Å². The lowest BCUT2D eigenvalue weighted by atomic mass is 10.1. The summed E-state index contributed by atoms with van der Waals surface area (Å²) in [5.74, 6) is -1.18. The molecular formula is C16H19N3O3. The molecule has 2 aliphatic rings. The number of nitrogens with one attached hydrogen (secondary N) is 2. The number of carbonyl (C=O) groups is 3. The van der Waals surface area contributed by atoms with Crippen LogP contribution in [0.4, 0.5) is 5.69 Å². The van der Waals surface area contributed by atoms with Crippen LogP contribution < -0.4 is 10.6 Å². The van der Waals surface area contributed by atoms with E-state index in [1.165, 1.54) is 4.90 Å². The maximum absolute atomic E-state index is 12.8. The molecule has 0 radical (unpaired) electrons. The summed E-state index contributed by atoms with van der Waals surface area (Å²) in [6.07, 6.45) is 1.85. The fourth-order valence-electron chi connectivity index (χ4n) is 2.65. The van der Waals surface area contributed by atoms with Gasteiger partial charge in [-0.25, -0.2) is 0 Å². The summed E-state index contributed by atoms with van der Waals surface area (Å²) in [6, 6.07) is 5.55. The van der Waals surface area contributed by atoms with Crippen LogP contribution in [-0.4, -0.2) is 40.7 Å². The van der Waals surface area contributed by atoms with Crippen molar-refractivity contribution in [1.82, 2.24) is 10.2 Å². The Hall–Kier alpha value is -2.37. The minimum absolute atomic E-state index is 0.134. The highest BCUT2D eigenvalue weighted by Gasteiger charge is 2.42. The number of nitrogens with zero attached hydrogens (tertiary/aromatic N) is 1. The van der Waals surface area contributed by atoms with Crippen molar-refractivity contribution in [3.05, 3.63) is 29.8 Å². The molecule has 3 amide bonds. The number of hydrogen-bond donors (Lipinski definition) is 2. The Labute approximate surface area is 128 Å². The molecular weight excluding hydrogens is 282 g/mol. The Morgan fingerprint density at radius 2 is 1.95 bits per heavy atom. The molecule has 0 spiro atoms. The van der Waals surface area contributed by atoms with E-state index in [0.29, 0.717) is 11.3 Å². The molecule has 0 saturated heterocycles. The van der Waals surface area contributed by atoms with Gasteiger partial charge in [-0.15, -0.1) is 0 Å². The largest absolute Gasteiger partial charge is 0.351 e. The third kappa shape index (κ3) is 2.56. The van der Waals surface area contributed by atoms with Gasteiger partial charge in [0.15, 0.2) is 6.04 Å². The Kier molecular flexibility index (Phi) is 3.60. The number of carbonyl (C=O) groups excluding carboxylic acids is 3. The van der Waals surface area contributed by atoms with Crippen LogP contribution >= 0.6 is 0 Å². The standard InChI is InChI=1S/C16H19N3O3/c1-9(2)19-13(14(20)17-10-7-8-10)15(21)18-12-6-4-3-5-11(12)16(19)22/h3-6,9-10,13H,7-8H2,1-2H3,(H,17,20)(H,18,21). The number of para-hydroxylation sites is 1. The molecule has 3 rings (SSSR count). The Morgan fingerprint density at radius 1 is 1.27 bits per heavy atom. The Morgan fingerprint density at radius 3 is 2.59 bits per heavy atom. The van der Waals surface area contributed by atoms with E-state index in [2.05, 4.69) is 10.6 Å². The molecule has 6 nitrogen and oxygen atoms in total. The molecule has 1 aromatic rings. The van der Waals surface area contributed by atoms with Gasteiger partial charge in [-0.3, -0.25) is 14.4 Å². The lowest BCUT2D eigenvalue weighted by molar-refractivity contribution is -0.134. The number of fused-ring (bicyclic) bond motifs is 1. The molecule has 0 aromatic heterocycles. The van der Waals surface area contributed by atoms with Gasteiger partial charge in [-0.2, -0.15) is 0 Å². The number of benzene rings is 1. The molecule has 22 heavy (non-hydrogen) atoms. The van der Waals surface area contributed by atoms with Crippen molar-refractivity contribution in [2.45, 2.75) is 44.8 Å². The number of hydrogen-bond acceptors (Lipinski definition) is 3. The molecule has 1 aliphatic heterocycles. The lowest BCUT2D eigenvalue weighted by Gasteiger charge is -2.31. The normalized spacial score (nSPS) is 21.2. The zero-order valence-electron chi connectivity index (χ0n) is 12.6. The second-order valence-corrected chi connectivity index (χ2v) is 6.03. The SMILES string of the molecule is CC(C)N1C(=O)c2ccccc2NC(=O)C1C(=O)NC1CC1. The first kappa shape index (κ1) is 14.6. The first-order valence-corrected chi connectivity index (χ1v) is 7.52. The minimum Gasteiger partial charge on any atom is -0.351 e. The predicted octanol–water partition coefficient (Wildman–Crippen LogP) is 1.14. The fraction of sp³-hybridized carbons (Fsp3) is 0.438. The maximum atomic E-state index is 12.8. The molecule has 1 aromatic carbocycles. The van der Waals surface area contributed by atoms with E-state index >= 15 is 0 Å². The molecule has 1 saturated carbocycles. The third-order valence-corrected chi connectivity index (χ3v) is 3.90. The summed E-state index contributed by atoms with van der Waals surface area (Å²) < 4.78 is 0. The van der Waals surface area contributed by atoms with Gasteiger partial charge in [0.05, 0.1) is 11.3 Å². The third-order valence-electron chi connectivity index (χ3n) is 3.90. The highest BCUT2D eigenvalue weighted by atomic mass is 16.2. The molecule has 2 N–H and O–H groups in total. The Balaban J connectivity index is 2.00. The van der Waals surface area contributed by atoms with Crippen LogP contribution in [0.5, 0.6) is 0 Å². The van der Waals surface area contributed by atoms with Crippen LogP contribution in [0.3, 0.4) is 0 Å². The molecule has 116 valence electrons. The maximum Gasteiger partial charge on any atom is 0.257 e. The van der Waals surface area contributed by atoms with Gasteiger partial charge in [0.2, 0.25) is 0 Å². The molecule has 1 fully saturated rings. The van der Waals surface area contributed by atoms with Crippen LogP contribution in [-0.2, 0) is 9.59 Å². The summed E-state index contributed by atoms with van der Waals surface area (Å²) in [7, 11) is 0. The van der Waals surface area contributed by atoms with Crippen molar-refractivity contribution in [2.24, 2.45) is 0 Å². The summed E-state index contributed by atoms with van der Waals surface area (Å²) in [5.41, 5.74) is 0.858. The van der Waals surface area contributed by atoms with Gasteiger partial charge in [0.1, 0.15) is 0 Å². The highest BCUT2D eigenvalue weighted by Crippen LogP contribution is 2.26. The zero-order valence-corrected chi connectivity index (χ0v) is 12.6. The summed E-state index contributed by atoms with van der Waals surface area (Å²) in [5, 5.41) is 5.52. The van der Waals surface area contributed by atoms with Crippen molar-refractivity contribution in [3.63, 3.8) is 0 Å². The van der Waals surface area contributed by atoms with E-state index in [1.807, 2.05) is 0 Å². The van der Waals surface area contributed by atoms with Gasteiger partial charge in [0, 0.05) is 12.1 Å². The van der Waals surface area contributed by atoms with E-state index in [1.54, 1.807) is 38.1 Å². The number of amides is 3. The van der Waals surface area contributed by atoms with Gasteiger partial charge in [0.25, 0.3) is 17.7 Å². The Bertz CT molecular complexity index is 637. The molecule has 6 heteroatoms. The minimum atomic E-state index is -1.14. The summed E-state index contributed by atoms with van der Waals surface area (Å²) in [6.45, 7) is 3.60. The second-order valence-electron chi connectivity index (χ2n) is 6.03. The van der Waals surface area contributed by atoms with E-state index in [0.717, 1.165) is 12.8 Å². The summed E-state index contributed by atoms with van der Waals surface area (Å²) in [4.78, 5) is 39.1. The number of rotatable bonds is 3. The average Bonchev–Trinajstić information content (AvgIpc) is 3.27. The van der Waals surface area contributed by atoms with Crippen LogP contribution in [0.1, 0.15) is 37.0 Å². The zero-order chi connectivity index (χ0) is 15.9. The first-order chi connectivity index (χ1) is 10.5. The fourth-order valence-corrected chi connectivity index (χ4v) is 2.65. The number of anilines is 1. The van der Waals surface area contributed by atoms with Crippen molar-refractivity contribution >= 4 is 23.4 Å². The van der Waals surface area contributed by atoms with Crippen LogP contribution in [0.25, 0.3) is 0 Å². The highest BCUT2D eigenvalue weighted by molar-refractivity contribution is 6.18. The molecule has 1 heterocycles. The van der Waals surface area contributed by atoms with Crippen molar-refractivity contribution < 1.29 is 14.4 Å². The van der Waals surface area contributed by atoms with E-state index in [4.69, 9.17) is 0 Å². The quantitative estimate of drug-likeness (QED) is 0.822. The summed E-state index contributed by atoms with van der Waals surface area (Å²) >= 11 is 0. The van der Waals surface area contributed by atoms with Crippen LogP contribution in [0, 0.1) is 0 Å². The molecule has 1 aliphatic carbocycles. The first-order valence-electron chi connectivity index (χ1n) is 7.52. The van der Waals surface area contributed by atoms with E-state index in [-0.39, 0.29) is 18.0 Å². The monoisotopic (exact) mass is 301 g/mol. The van der Waals surface area contributed by atoms with Crippen LogP contribution in [0.2, 0.25) is 0 Å². The predicted molar refractivity (Wildman–Crippen MR) is 81.3 cm³/mol. The molecule has 1 atom stereocenters. The van der Waals surface area contributed by atoms with Gasteiger partial charge in [-0.05, 0) is 38.8 Å². The smallest absolute Gasteiger partial charge is 0.257 e. The molecule has 1 unspecified atom stereocenters. The van der Waals surface area contributed by atoms with Gasteiger partial charge in [-0.1, -0.05) is 12.1 Å². The van der Waals surface area contributed by atoms with E-state index in [9.17, 15) is 14.4 Å². The average molecular weight is 301 g/mol. The van der Waals surface area contributed by atoms with Gasteiger partial charge >= 0.3 is 0 Å². The van der Waals surface area contributed by atoms with Crippen molar-refractivity contribution in [3.8, 4) is 0 Å². The topological polar surface area (TPSA) is 78.5 Å². The van der Waals surface area contributed by atoms with E-state index < -0.39 is 17.9 Å². The van der Waals surface area contributed by atoms with Crippen molar-refractivity contribution in [1.29, 1.82) is 0 Å². The lowest BCUT2D eigenvalue weighted by Crippen LogP contribution is -2.56. The van der Waals surface area contributed by atoms with Crippen molar-refractivity contribution in [2.75, 3.05) is 5.32 Å². The van der Waals surface area contributed by atoms with Crippen LogP contribution in [0.15, 0.2) is 24.3 Å².